The molecule has 2 atom stereocenters. The Kier molecular flexibility index (Phi) is 7.76. The van der Waals surface area contributed by atoms with Crippen molar-refractivity contribution >= 4 is 11.6 Å². The van der Waals surface area contributed by atoms with Gasteiger partial charge in [-0.25, -0.2) is 0 Å². The molecule has 220 valence electrons. The minimum atomic E-state index is -4.96. The molecule has 0 unspecified atom stereocenters. The molecule has 0 aliphatic carbocycles. The predicted octanol–water partition coefficient (Wildman–Crippen LogP) is 7.39. The Labute approximate surface area is 227 Å². The highest BCUT2D eigenvalue weighted by atomic mass is 19.4. The van der Waals surface area contributed by atoms with Crippen LogP contribution in [0, 0.1) is 0 Å². The lowest BCUT2D eigenvalue weighted by Gasteiger charge is -2.30. The standard InChI is InChI=1S/C27H22F9N3O2/c1-24(2,17-6-11-22(37-14-17)26(31,32)33)38-20-13-21(15-4-3-5-16(12-15)25(28,29)30)39(23(20)40)18-7-9-19(10-8-18)41-27(34,35)36/h3-12,14,20-21,38H,13H2,1-2H3/t20-,21-/m1/s1. The van der Waals surface area contributed by atoms with E-state index >= 15 is 0 Å². The van der Waals surface area contributed by atoms with Gasteiger partial charge in [-0.1, -0.05) is 18.2 Å². The van der Waals surface area contributed by atoms with Crippen LogP contribution in [0.15, 0.2) is 66.9 Å². The lowest BCUT2D eigenvalue weighted by atomic mass is 9.93. The van der Waals surface area contributed by atoms with Crippen LogP contribution in [0.25, 0.3) is 0 Å². The summed E-state index contributed by atoms with van der Waals surface area (Å²) >= 11 is 0. The normalized spacial score (nSPS) is 18.6. The van der Waals surface area contributed by atoms with Crippen LogP contribution >= 0.6 is 0 Å². The van der Waals surface area contributed by atoms with E-state index in [9.17, 15) is 44.3 Å². The van der Waals surface area contributed by atoms with E-state index in [0.29, 0.717) is 5.56 Å². The van der Waals surface area contributed by atoms with E-state index in [1.165, 1.54) is 35.2 Å². The molecule has 1 aromatic heterocycles. The van der Waals surface area contributed by atoms with Gasteiger partial charge >= 0.3 is 18.7 Å². The molecule has 2 aromatic carbocycles. The Bertz CT molecular complexity index is 1380. The first-order valence-corrected chi connectivity index (χ1v) is 12.0. The number of nitrogens with one attached hydrogen (secondary N) is 1. The number of alkyl halides is 9. The zero-order valence-corrected chi connectivity index (χ0v) is 21.3. The largest absolute Gasteiger partial charge is 0.573 e. The number of hydrogen-bond donors (Lipinski definition) is 1. The maximum atomic E-state index is 13.6. The SMILES string of the molecule is CC(C)(N[C@@H]1C[C@H](c2cccc(C(F)(F)F)c2)N(c2ccc(OC(F)(F)F)cc2)C1=O)c1ccc(C(F)(F)F)nc1. The second kappa shape index (κ2) is 10.5. The first-order valence-electron chi connectivity index (χ1n) is 12.0. The van der Waals surface area contributed by atoms with Gasteiger partial charge in [0.25, 0.3) is 0 Å². The molecule has 1 saturated heterocycles. The molecule has 1 amide bonds. The summed E-state index contributed by atoms with van der Waals surface area (Å²) in [5.74, 6) is -1.17. The number of hydrogen-bond acceptors (Lipinski definition) is 4. The van der Waals surface area contributed by atoms with Gasteiger partial charge in [0, 0.05) is 17.4 Å². The second-order valence-electron chi connectivity index (χ2n) is 9.88. The van der Waals surface area contributed by atoms with Crippen molar-refractivity contribution < 1.29 is 49.0 Å². The van der Waals surface area contributed by atoms with Gasteiger partial charge in [0.15, 0.2) is 0 Å². The summed E-state index contributed by atoms with van der Waals surface area (Å²) in [6, 6.07) is 8.62. The van der Waals surface area contributed by atoms with Gasteiger partial charge < -0.3 is 9.64 Å². The molecule has 1 N–H and O–H groups in total. The lowest BCUT2D eigenvalue weighted by molar-refractivity contribution is -0.274. The third-order valence-electron chi connectivity index (χ3n) is 6.56. The molecule has 0 spiro atoms. The number of carbonyl (C=O) groups excluding carboxylic acids is 1. The van der Waals surface area contributed by atoms with E-state index in [-0.39, 0.29) is 17.7 Å². The number of benzene rings is 2. The fraction of sp³-hybridized carbons (Fsp3) is 0.333. The van der Waals surface area contributed by atoms with Gasteiger partial charge in [-0.05, 0) is 73.9 Å². The molecule has 0 saturated carbocycles. The topological polar surface area (TPSA) is 54.5 Å². The molecule has 4 rings (SSSR count). The highest BCUT2D eigenvalue weighted by molar-refractivity contribution is 6.00. The average molecular weight is 591 g/mol. The molecule has 14 heteroatoms. The van der Waals surface area contributed by atoms with Crippen LogP contribution in [-0.2, 0) is 22.7 Å². The molecular formula is C27H22F9N3O2. The van der Waals surface area contributed by atoms with Gasteiger partial charge in [-0.3, -0.25) is 15.1 Å². The fourth-order valence-electron chi connectivity index (χ4n) is 4.64. The predicted molar refractivity (Wildman–Crippen MR) is 129 cm³/mol. The molecule has 5 nitrogen and oxygen atoms in total. The van der Waals surface area contributed by atoms with Crippen molar-refractivity contribution in [3.63, 3.8) is 0 Å². The summed E-state index contributed by atoms with van der Waals surface area (Å²) in [5, 5.41) is 3.06. The number of rotatable bonds is 6. The Hall–Kier alpha value is -3.81. The van der Waals surface area contributed by atoms with Gasteiger partial charge in [-0.15, -0.1) is 13.2 Å². The zero-order valence-electron chi connectivity index (χ0n) is 21.3. The van der Waals surface area contributed by atoms with E-state index in [1.807, 2.05) is 0 Å². The Morgan fingerprint density at radius 1 is 0.854 bits per heavy atom. The molecule has 0 bridgehead atoms. The van der Waals surface area contributed by atoms with Crippen molar-refractivity contribution in [2.45, 2.75) is 56.6 Å². The van der Waals surface area contributed by atoms with Crippen LogP contribution < -0.4 is 15.0 Å². The monoisotopic (exact) mass is 591 g/mol. The highest BCUT2D eigenvalue weighted by Crippen LogP contribution is 2.41. The summed E-state index contributed by atoms with van der Waals surface area (Å²) in [5.41, 5.74) is -2.64. The molecule has 1 aliphatic rings. The minimum Gasteiger partial charge on any atom is -0.406 e. The van der Waals surface area contributed by atoms with E-state index in [2.05, 4.69) is 15.0 Å². The van der Waals surface area contributed by atoms with Crippen LogP contribution in [0.1, 0.15) is 48.7 Å². The summed E-state index contributed by atoms with van der Waals surface area (Å²) in [6.45, 7) is 3.19. The zero-order chi connectivity index (χ0) is 30.4. The molecular weight excluding hydrogens is 569 g/mol. The van der Waals surface area contributed by atoms with E-state index < -0.39 is 59.3 Å². The third kappa shape index (κ3) is 6.92. The van der Waals surface area contributed by atoms with Crippen LogP contribution in [0.3, 0.4) is 0 Å². The van der Waals surface area contributed by atoms with Crippen molar-refractivity contribution in [1.29, 1.82) is 0 Å². The van der Waals surface area contributed by atoms with Crippen LogP contribution in [0.2, 0.25) is 0 Å². The Balaban J connectivity index is 1.68. The lowest BCUT2D eigenvalue weighted by Crippen LogP contribution is -2.47. The van der Waals surface area contributed by atoms with Crippen molar-refractivity contribution in [2.24, 2.45) is 0 Å². The van der Waals surface area contributed by atoms with Crippen molar-refractivity contribution in [2.75, 3.05) is 4.90 Å². The summed E-state index contributed by atoms with van der Waals surface area (Å²) in [6.07, 6.45) is -13.3. The first-order chi connectivity index (χ1) is 18.8. The molecule has 0 radical (unpaired) electrons. The Morgan fingerprint density at radius 2 is 1.51 bits per heavy atom. The number of aromatic nitrogens is 1. The fourth-order valence-corrected chi connectivity index (χ4v) is 4.64. The molecule has 41 heavy (non-hydrogen) atoms. The number of halogens is 9. The van der Waals surface area contributed by atoms with Crippen molar-refractivity contribution in [1.82, 2.24) is 10.3 Å². The smallest absolute Gasteiger partial charge is 0.406 e. The quantitative estimate of drug-likeness (QED) is 0.304. The molecule has 3 aromatic rings. The molecule has 2 heterocycles. The van der Waals surface area contributed by atoms with Crippen LogP contribution in [-0.4, -0.2) is 23.3 Å². The first kappa shape index (κ1) is 30.2. The summed E-state index contributed by atoms with van der Waals surface area (Å²) < 4.78 is 121. The summed E-state index contributed by atoms with van der Waals surface area (Å²) in [4.78, 5) is 18.3. The van der Waals surface area contributed by atoms with Gasteiger partial charge in [-0.2, -0.15) is 26.3 Å². The van der Waals surface area contributed by atoms with Crippen LogP contribution in [0.4, 0.5) is 45.2 Å². The molecule has 1 aliphatic heterocycles. The Morgan fingerprint density at radius 3 is 2.05 bits per heavy atom. The average Bonchev–Trinajstić information content (AvgIpc) is 3.18. The van der Waals surface area contributed by atoms with Gasteiger partial charge in [0.2, 0.25) is 5.91 Å². The number of pyridine rings is 1. The van der Waals surface area contributed by atoms with E-state index in [4.69, 9.17) is 0 Å². The number of ether oxygens (including phenoxy) is 1. The van der Waals surface area contributed by atoms with Crippen molar-refractivity contribution in [3.8, 4) is 5.75 Å². The number of nitrogens with zero attached hydrogens (tertiary/aromatic N) is 2. The van der Waals surface area contributed by atoms with Gasteiger partial charge in [0.1, 0.15) is 11.4 Å². The maximum Gasteiger partial charge on any atom is 0.573 e. The maximum absolute atomic E-state index is 13.6. The molecule has 1 fully saturated rings. The van der Waals surface area contributed by atoms with Gasteiger partial charge in [0.05, 0.1) is 17.6 Å². The number of carbonyl (C=O) groups is 1. The number of anilines is 1. The summed E-state index contributed by atoms with van der Waals surface area (Å²) in [7, 11) is 0. The second-order valence-corrected chi connectivity index (χ2v) is 9.88. The van der Waals surface area contributed by atoms with Crippen molar-refractivity contribution in [3.05, 3.63) is 89.2 Å². The van der Waals surface area contributed by atoms with E-state index in [1.54, 1.807) is 13.8 Å². The number of amides is 1. The highest BCUT2D eigenvalue weighted by Gasteiger charge is 2.44. The third-order valence-corrected chi connectivity index (χ3v) is 6.56. The van der Waals surface area contributed by atoms with E-state index in [0.717, 1.165) is 36.5 Å². The van der Waals surface area contributed by atoms with Crippen LogP contribution in [0.5, 0.6) is 5.75 Å². The minimum absolute atomic E-state index is 0.0571.